The summed E-state index contributed by atoms with van der Waals surface area (Å²) in [5.74, 6) is 3.28. The van der Waals surface area contributed by atoms with Crippen LogP contribution in [0.15, 0.2) is 12.3 Å². The molecule has 0 saturated carbocycles. The Balaban J connectivity index is 2.96. The molecule has 1 aromatic heterocycles. The van der Waals surface area contributed by atoms with Crippen LogP contribution < -0.4 is 10.6 Å². The van der Waals surface area contributed by atoms with E-state index in [0.717, 1.165) is 11.4 Å². The maximum atomic E-state index is 5.78. The van der Waals surface area contributed by atoms with Gasteiger partial charge in [-0.15, -0.1) is 6.42 Å². The van der Waals surface area contributed by atoms with E-state index in [9.17, 15) is 0 Å². The molecule has 1 rings (SSSR count). The molecule has 13 heavy (non-hydrogen) atoms. The van der Waals surface area contributed by atoms with Crippen LogP contribution in [0, 0.1) is 19.3 Å². The Bertz CT molecular complexity index is 339. The van der Waals surface area contributed by atoms with Crippen molar-refractivity contribution in [3.05, 3.63) is 17.8 Å². The fourth-order valence-electron chi connectivity index (χ4n) is 1.12. The monoisotopic (exact) mass is 175 g/mol. The third-order valence-electron chi connectivity index (χ3n) is 1.72. The van der Waals surface area contributed by atoms with Crippen molar-refractivity contribution >= 4 is 11.5 Å². The number of aryl methyl sites for hydroxylation is 1. The summed E-state index contributed by atoms with van der Waals surface area (Å²) in [6.07, 6.45) is 6.96. The zero-order chi connectivity index (χ0) is 9.84. The first-order valence-electron chi connectivity index (χ1n) is 4.02. The normalized spacial score (nSPS) is 9.31. The zero-order valence-electron chi connectivity index (χ0n) is 7.91. The molecule has 0 fully saturated rings. The van der Waals surface area contributed by atoms with Crippen LogP contribution in [0.1, 0.15) is 5.56 Å². The highest BCUT2D eigenvalue weighted by Crippen LogP contribution is 2.18. The molecule has 1 heterocycles. The molecule has 0 aromatic carbocycles. The predicted octanol–water partition coefficient (Wildman–Crippen LogP) is 1.04. The first-order chi connectivity index (χ1) is 6.15. The van der Waals surface area contributed by atoms with Crippen LogP contribution in [0.25, 0.3) is 0 Å². The molecule has 2 N–H and O–H groups in total. The number of nitrogen functional groups attached to an aromatic ring is 1. The lowest BCUT2D eigenvalue weighted by molar-refractivity contribution is 1.01. The van der Waals surface area contributed by atoms with Crippen molar-refractivity contribution in [1.29, 1.82) is 0 Å². The highest BCUT2D eigenvalue weighted by Gasteiger charge is 2.04. The summed E-state index contributed by atoms with van der Waals surface area (Å²) in [7, 11) is 1.87. The molecule has 0 radical (unpaired) electrons. The molecule has 1 aromatic rings. The largest absolute Gasteiger partial charge is 0.396 e. The van der Waals surface area contributed by atoms with Crippen molar-refractivity contribution in [1.82, 2.24) is 4.98 Å². The molecule has 3 nitrogen and oxygen atoms in total. The topological polar surface area (TPSA) is 42.2 Å². The molecule has 0 atom stereocenters. The van der Waals surface area contributed by atoms with Gasteiger partial charge in [0.05, 0.1) is 12.2 Å². The molecule has 0 spiro atoms. The van der Waals surface area contributed by atoms with Crippen LogP contribution in [0.2, 0.25) is 0 Å². The molecule has 0 bridgehead atoms. The average molecular weight is 175 g/mol. The smallest absolute Gasteiger partial charge is 0.152 e. The van der Waals surface area contributed by atoms with Crippen LogP contribution in [0.3, 0.4) is 0 Å². The van der Waals surface area contributed by atoms with Gasteiger partial charge in [-0.2, -0.15) is 0 Å². The number of hydrogen-bond acceptors (Lipinski definition) is 3. The Kier molecular flexibility index (Phi) is 2.76. The second-order valence-electron chi connectivity index (χ2n) is 2.99. The molecule has 68 valence electrons. The maximum absolute atomic E-state index is 5.78. The van der Waals surface area contributed by atoms with Gasteiger partial charge >= 0.3 is 0 Å². The number of nitrogens with two attached hydrogens (primary N) is 1. The van der Waals surface area contributed by atoms with E-state index in [4.69, 9.17) is 12.2 Å². The summed E-state index contributed by atoms with van der Waals surface area (Å²) in [5.41, 5.74) is 7.50. The van der Waals surface area contributed by atoms with Gasteiger partial charge in [0.15, 0.2) is 5.82 Å². The van der Waals surface area contributed by atoms with Gasteiger partial charge in [0, 0.05) is 13.2 Å². The molecule has 0 saturated heterocycles. The molecule has 0 aliphatic carbocycles. The van der Waals surface area contributed by atoms with Crippen molar-refractivity contribution in [3.8, 4) is 12.3 Å². The lowest BCUT2D eigenvalue weighted by Crippen LogP contribution is -2.19. The van der Waals surface area contributed by atoms with Crippen molar-refractivity contribution in [3.63, 3.8) is 0 Å². The number of nitrogens with zero attached hydrogens (tertiary/aromatic N) is 2. The van der Waals surface area contributed by atoms with Crippen molar-refractivity contribution < 1.29 is 0 Å². The van der Waals surface area contributed by atoms with Crippen molar-refractivity contribution in [2.45, 2.75) is 6.92 Å². The molecule has 0 aliphatic rings. The third-order valence-corrected chi connectivity index (χ3v) is 1.72. The first-order valence-corrected chi connectivity index (χ1v) is 4.02. The summed E-state index contributed by atoms with van der Waals surface area (Å²) in [5, 5.41) is 0. The second-order valence-corrected chi connectivity index (χ2v) is 2.99. The van der Waals surface area contributed by atoms with Crippen LogP contribution in [-0.4, -0.2) is 18.6 Å². The molecular formula is C10H13N3. The Morgan fingerprint density at radius 3 is 2.92 bits per heavy atom. The highest BCUT2D eigenvalue weighted by atomic mass is 15.2. The summed E-state index contributed by atoms with van der Waals surface area (Å²) in [4.78, 5) is 6.04. The minimum absolute atomic E-state index is 0.514. The van der Waals surface area contributed by atoms with E-state index in [1.54, 1.807) is 6.20 Å². The van der Waals surface area contributed by atoms with Crippen LogP contribution in [0.5, 0.6) is 0 Å². The minimum Gasteiger partial charge on any atom is -0.396 e. The van der Waals surface area contributed by atoms with Crippen LogP contribution in [0.4, 0.5) is 11.5 Å². The predicted molar refractivity (Wildman–Crippen MR) is 55.5 cm³/mol. The lowest BCUT2D eigenvalue weighted by Gasteiger charge is -2.16. The number of pyridine rings is 1. The second kappa shape index (κ2) is 3.81. The van der Waals surface area contributed by atoms with E-state index in [0.29, 0.717) is 12.2 Å². The fourth-order valence-corrected chi connectivity index (χ4v) is 1.12. The van der Waals surface area contributed by atoms with E-state index in [2.05, 4.69) is 10.9 Å². The molecule has 0 unspecified atom stereocenters. The van der Waals surface area contributed by atoms with Crippen molar-refractivity contribution in [2.24, 2.45) is 0 Å². The summed E-state index contributed by atoms with van der Waals surface area (Å²) < 4.78 is 0. The molecular weight excluding hydrogens is 162 g/mol. The van der Waals surface area contributed by atoms with Crippen LogP contribution >= 0.6 is 0 Å². The van der Waals surface area contributed by atoms with Gasteiger partial charge in [-0.25, -0.2) is 4.98 Å². The van der Waals surface area contributed by atoms with Crippen molar-refractivity contribution in [2.75, 3.05) is 24.2 Å². The Morgan fingerprint density at radius 2 is 2.38 bits per heavy atom. The van der Waals surface area contributed by atoms with Gasteiger partial charge in [0.2, 0.25) is 0 Å². The van der Waals surface area contributed by atoms with E-state index in [1.165, 1.54) is 0 Å². The Hall–Kier alpha value is -1.69. The number of rotatable bonds is 2. The van der Waals surface area contributed by atoms with Gasteiger partial charge in [0.1, 0.15) is 0 Å². The molecule has 3 heteroatoms. The zero-order valence-corrected chi connectivity index (χ0v) is 7.91. The summed E-state index contributed by atoms with van der Waals surface area (Å²) >= 11 is 0. The molecule has 0 amide bonds. The standard InChI is InChI=1S/C10H13N3/c1-4-5-13(3)10-9(11)6-8(2)7-12-10/h1,6-7H,5,11H2,2-3H3. The van der Waals surface area contributed by atoms with Gasteiger partial charge in [-0.3, -0.25) is 0 Å². The number of anilines is 2. The van der Waals surface area contributed by atoms with Gasteiger partial charge in [-0.1, -0.05) is 5.92 Å². The Morgan fingerprint density at radius 1 is 1.69 bits per heavy atom. The lowest BCUT2D eigenvalue weighted by atomic mass is 10.3. The van der Waals surface area contributed by atoms with E-state index in [1.807, 2.05) is 24.9 Å². The third kappa shape index (κ3) is 2.12. The maximum Gasteiger partial charge on any atom is 0.152 e. The quantitative estimate of drug-likeness (QED) is 0.683. The number of terminal acetylenes is 1. The van der Waals surface area contributed by atoms with Crippen LogP contribution in [-0.2, 0) is 0 Å². The van der Waals surface area contributed by atoms with Gasteiger partial charge in [0.25, 0.3) is 0 Å². The first kappa shape index (κ1) is 9.40. The van der Waals surface area contributed by atoms with Gasteiger partial charge < -0.3 is 10.6 Å². The highest BCUT2D eigenvalue weighted by molar-refractivity contribution is 5.63. The number of hydrogen-bond donors (Lipinski definition) is 1. The van der Waals surface area contributed by atoms with E-state index in [-0.39, 0.29) is 0 Å². The number of aromatic nitrogens is 1. The Labute approximate surface area is 78.6 Å². The average Bonchev–Trinajstić information content (AvgIpc) is 2.04. The molecule has 0 aliphatic heterocycles. The van der Waals surface area contributed by atoms with E-state index >= 15 is 0 Å². The fraction of sp³-hybridized carbons (Fsp3) is 0.300. The SMILES string of the molecule is C#CCN(C)c1ncc(C)cc1N. The van der Waals surface area contributed by atoms with E-state index < -0.39 is 0 Å². The van der Waals surface area contributed by atoms with Gasteiger partial charge in [-0.05, 0) is 18.6 Å². The summed E-state index contributed by atoms with van der Waals surface area (Å²) in [6, 6.07) is 1.88. The summed E-state index contributed by atoms with van der Waals surface area (Å²) in [6.45, 7) is 2.47. The minimum atomic E-state index is 0.514.